The molecule has 1 amide bonds. The Balaban J connectivity index is 1.44. The molecule has 2 aromatic carbocycles. The lowest BCUT2D eigenvalue weighted by molar-refractivity contribution is 0.0698. The zero-order valence-electron chi connectivity index (χ0n) is 17.0. The number of hydrogen-bond acceptors (Lipinski definition) is 5. The summed E-state index contributed by atoms with van der Waals surface area (Å²) >= 11 is 0. The summed E-state index contributed by atoms with van der Waals surface area (Å²) in [7, 11) is -3.79. The SMILES string of the molecule is Cc1ccnn1-c1ccc(C(=O)N2CCN(S(=O)(=O)c3ccccc3C#N)CC2)cc1. The fourth-order valence-corrected chi connectivity index (χ4v) is 5.19. The van der Waals surface area contributed by atoms with Gasteiger partial charge in [0, 0.05) is 43.6 Å². The van der Waals surface area contributed by atoms with E-state index in [1.54, 1.807) is 40.0 Å². The minimum absolute atomic E-state index is 0.00165. The van der Waals surface area contributed by atoms with Gasteiger partial charge in [-0.15, -0.1) is 0 Å². The molecule has 1 fully saturated rings. The van der Waals surface area contributed by atoms with Gasteiger partial charge in [0.25, 0.3) is 5.91 Å². The molecule has 0 spiro atoms. The van der Waals surface area contributed by atoms with E-state index in [4.69, 9.17) is 0 Å². The van der Waals surface area contributed by atoms with Crippen molar-refractivity contribution in [1.82, 2.24) is 19.0 Å². The first-order valence-electron chi connectivity index (χ1n) is 9.81. The number of nitriles is 1. The van der Waals surface area contributed by atoms with Crippen LogP contribution in [0.5, 0.6) is 0 Å². The smallest absolute Gasteiger partial charge is 0.253 e. The van der Waals surface area contributed by atoms with E-state index in [0.717, 1.165) is 11.4 Å². The van der Waals surface area contributed by atoms with Gasteiger partial charge < -0.3 is 4.90 Å². The summed E-state index contributed by atoms with van der Waals surface area (Å²) in [5.74, 6) is -0.141. The highest BCUT2D eigenvalue weighted by atomic mass is 32.2. The fraction of sp³-hybridized carbons (Fsp3) is 0.227. The first kappa shape index (κ1) is 20.8. The molecule has 8 nitrogen and oxygen atoms in total. The van der Waals surface area contributed by atoms with Gasteiger partial charge >= 0.3 is 0 Å². The molecule has 31 heavy (non-hydrogen) atoms. The van der Waals surface area contributed by atoms with Crippen LogP contribution in [0.4, 0.5) is 0 Å². The molecule has 0 N–H and O–H groups in total. The largest absolute Gasteiger partial charge is 0.336 e. The third kappa shape index (κ3) is 3.95. The molecule has 9 heteroatoms. The summed E-state index contributed by atoms with van der Waals surface area (Å²) in [6.07, 6.45) is 1.72. The number of nitrogens with zero attached hydrogens (tertiary/aromatic N) is 5. The average Bonchev–Trinajstić information content (AvgIpc) is 3.24. The van der Waals surface area contributed by atoms with E-state index in [0.29, 0.717) is 5.56 Å². The number of hydrogen-bond donors (Lipinski definition) is 0. The second-order valence-electron chi connectivity index (χ2n) is 7.24. The molecule has 4 rings (SSSR count). The molecule has 1 aliphatic heterocycles. The van der Waals surface area contributed by atoms with E-state index < -0.39 is 10.0 Å². The minimum atomic E-state index is -3.79. The zero-order valence-corrected chi connectivity index (χ0v) is 17.8. The van der Waals surface area contributed by atoms with Crippen LogP contribution in [-0.2, 0) is 10.0 Å². The maximum Gasteiger partial charge on any atom is 0.253 e. The quantitative estimate of drug-likeness (QED) is 0.626. The van der Waals surface area contributed by atoms with Crippen molar-refractivity contribution in [3.05, 3.63) is 77.6 Å². The van der Waals surface area contributed by atoms with Crippen LogP contribution in [0, 0.1) is 18.3 Å². The van der Waals surface area contributed by atoms with Crippen molar-refractivity contribution in [1.29, 1.82) is 5.26 Å². The Bertz CT molecular complexity index is 1250. The van der Waals surface area contributed by atoms with Crippen molar-refractivity contribution in [2.24, 2.45) is 0 Å². The van der Waals surface area contributed by atoms with Gasteiger partial charge in [0.15, 0.2) is 0 Å². The minimum Gasteiger partial charge on any atom is -0.336 e. The Labute approximate surface area is 181 Å². The second kappa shape index (κ2) is 8.34. The number of carbonyl (C=O) groups excluding carboxylic acids is 1. The third-order valence-corrected chi connectivity index (χ3v) is 7.30. The number of rotatable bonds is 4. The molecule has 0 saturated carbocycles. The van der Waals surface area contributed by atoms with Crippen LogP contribution < -0.4 is 0 Å². The van der Waals surface area contributed by atoms with Gasteiger partial charge in [0.1, 0.15) is 6.07 Å². The highest BCUT2D eigenvalue weighted by Crippen LogP contribution is 2.22. The monoisotopic (exact) mass is 435 g/mol. The molecule has 158 valence electrons. The van der Waals surface area contributed by atoms with Crippen molar-refractivity contribution in [2.45, 2.75) is 11.8 Å². The predicted molar refractivity (Wildman–Crippen MR) is 114 cm³/mol. The van der Waals surface area contributed by atoms with E-state index in [9.17, 15) is 18.5 Å². The number of benzene rings is 2. The topological polar surface area (TPSA) is 99.3 Å². The van der Waals surface area contributed by atoms with Crippen LogP contribution in [0.1, 0.15) is 21.6 Å². The van der Waals surface area contributed by atoms with Gasteiger partial charge in [-0.3, -0.25) is 4.79 Å². The van der Waals surface area contributed by atoms with Crippen molar-refractivity contribution in [3.63, 3.8) is 0 Å². The molecule has 1 aromatic heterocycles. The summed E-state index contributed by atoms with van der Waals surface area (Å²) in [5.41, 5.74) is 2.52. The van der Waals surface area contributed by atoms with Crippen LogP contribution in [0.2, 0.25) is 0 Å². The Morgan fingerprint density at radius 3 is 2.29 bits per heavy atom. The maximum absolute atomic E-state index is 13.0. The average molecular weight is 436 g/mol. The highest BCUT2D eigenvalue weighted by molar-refractivity contribution is 7.89. The number of sulfonamides is 1. The van der Waals surface area contributed by atoms with Gasteiger partial charge in [-0.1, -0.05) is 12.1 Å². The van der Waals surface area contributed by atoms with Crippen molar-refractivity contribution in [2.75, 3.05) is 26.2 Å². The van der Waals surface area contributed by atoms with E-state index in [2.05, 4.69) is 5.10 Å². The summed E-state index contributed by atoms with van der Waals surface area (Å²) in [6.45, 7) is 2.88. The number of aryl methyl sites for hydroxylation is 1. The van der Waals surface area contributed by atoms with Gasteiger partial charge in [-0.05, 0) is 49.4 Å². The second-order valence-corrected chi connectivity index (χ2v) is 9.14. The number of amides is 1. The first-order valence-corrected chi connectivity index (χ1v) is 11.3. The summed E-state index contributed by atoms with van der Waals surface area (Å²) < 4.78 is 29.0. The Hall–Kier alpha value is -3.48. The zero-order chi connectivity index (χ0) is 22.0. The summed E-state index contributed by atoms with van der Waals surface area (Å²) in [5, 5.41) is 13.5. The maximum atomic E-state index is 13.0. The van der Waals surface area contributed by atoms with Gasteiger partial charge in [0.2, 0.25) is 10.0 Å². The van der Waals surface area contributed by atoms with Crippen LogP contribution in [0.25, 0.3) is 5.69 Å². The molecular formula is C22H21N5O3S. The van der Waals surface area contributed by atoms with Crippen LogP contribution >= 0.6 is 0 Å². The summed E-state index contributed by atoms with van der Waals surface area (Å²) in [4.78, 5) is 14.5. The molecule has 0 aliphatic carbocycles. The molecule has 3 aromatic rings. The van der Waals surface area contributed by atoms with Crippen LogP contribution in [0.3, 0.4) is 0 Å². The molecule has 2 heterocycles. The van der Waals surface area contributed by atoms with Gasteiger partial charge in [-0.25, -0.2) is 13.1 Å². The molecule has 0 bridgehead atoms. The summed E-state index contributed by atoms with van der Waals surface area (Å²) in [6, 6.07) is 17.2. The lowest BCUT2D eigenvalue weighted by Crippen LogP contribution is -2.50. The molecular weight excluding hydrogens is 414 g/mol. The Morgan fingerprint density at radius 1 is 1.00 bits per heavy atom. The molecule has 0 radical (unpaired) electrons. The molecule has 1 saturated heterocycles. The highest BCUT2D eigenvalue weighted by Gasteiger charge is 2.31. The molecule has 0 unspecified atom stereocenters. The van der Waals surface area contributed by atoms with Crippen LogP contribution in [-0.4, -0.2) is 59.5 Å². The van der Waals surface area contributed by atoms with Crippen molar-refractivity contribution < 1.29 is 13.2 Å². The van der Waals surface area contributed by atoms with E-state index >= 15 is 0 Å². The van der Waals surface area contributed by atoms with E-state index in [1.165, 1.54) is 16.4 Å². The lowest BCUT2D eigenvalue weighted by atomic mass is 10.1. The van der Waals surface area contributed by atoms with Gasteiger partial charge in [0.05, 0.1) is 16.1 Å². The van der Waals surface area contributed by atoms with E-state index in [-0.39, 0.29) is 42.5 Å². The first-order chi connectivity index (χ1) is 14.9. The van der Waals surface area contributed by atoms with Crippen LogP contribution in [0.15, 0.2) is 65.7 Å². The van der Waals surface area contributed by atoms with Gasteiger partial charge in [-0.2, -0.15) is 14.7 Å². The third-order valence-electron chi connectivity index (χ3n) is 5.34. The Kier molecular flexibility index (Phi) is 5.59. The van der Waals surface area contributed by atoms with Crippen molar-refractivity contribution in [3.8, 4) is 11.8 Å². The normalized spacial score (nSPS) is 14.9. The molecule has 1 aliphatic rings. The lowest BCUT2D eigenvalue weighted by Gasteiger charge is -2.34. The van der Waals surface area contributed by atoms with Crippen molar-refractivity contribution >= 4 is 15.9 Å². The number of aromatic nitrogens is 2. The Morgan fingerprint density at radius 2 is 1.68 bits per heavy atom. The predicted octanol–water partition coefficient (Wildman–Crippen LogP) is 2.20. The fourth-order valence-electron chi connectivity index (χ4n) is 3.62. The standard InChI is InChI=1S/C22H21N5O3S/c1-17-10-11-24-27(17)20-8-6-18(7-9-20)22(28)25-12-14-26(15-13-25)31(29,30)21-5-3-2-4-19(21)16-23/h2-11H,12-15H2,1H3. The van der Waals surface area contributed by atoms with E-state index in [1.807, 2.05) is 31.2 Å². The molecule has 0 atom stereocenters. The number of carbonyl (C=O) groups is 1. The number of piperazine rings is 1.